The zero-order chi connectivity index (χ0) is 12.5. The second-order valence-corrected chi connectivity index (χ2v) is 4.09. The number of aliphatic imine (C=N–C) groups is 1. The number of hydrogen-bond acceptors (Lipinski definition) is 3. The first-order valence-corrected chi connectivity index (χ1v) is 6.46. The van der Waals surface area contributed by atoms with E-state index in [-0.39, 0.29) is 29.9 Å². The summed E-state index contributed by atoms with van der Waals surface area (Å²) in [4.78, 5) is 15.5. The number of hydrogen-bond donors (Lipinski definition) is 2. The summed E-state index contributed by atoms with van der Waals surface area (Å²) in [6.07, 6.45) is 3.64. The Balaban J connectivity index is 0.00000289. The van der Waals surface area contributed by atoms with E-state index in [9.17, 15) is 4.79 Å². The topological polar surface area (TPSA) is 62.7 Å². The van der Waals surface area contributed by atoms with Gasteiger partial charge < -0.3 is 15.4 Å². The van der Waals surface area contributed by atoms with Crippen LogP contribution in [0.15, 0.2) is 4.99 Å². The summed E-state index contributed by atoms with van der Waals surface area (Å²) < 4.78 is 4.85. The van der Waals surface area contributed by atoms with Gasteiger partial charge in [-0.15, -0.1) is 24.0 Å². The van der Waals surface area contributed by atoms with Gasteiger partial charge in [0.25, 0.3) is 0 Å². The molecule has 0 bridgehead atoms. The number of carbonyl (C=O) groups excluding carboxylic acids is 1. The van der Waals surface area contributed by atoms with Gasteiger partial charge >= 0.3 is 5.97 Å². The fourth-order valence-corrected chi connectivity index (χ4v) is 1.39. The molecular formula is C12H24IN3O2. The van der Waals surface area contributed by atoms with Crippen LogP contribution in [0.5, 0.6) is 0 Å². The molecule has 0 heterocycles. The zero-order valence-corrected chi connectivity index (χ0v) is 13.5. The smallest absolute Gasteiger partial charge is 0.305 e. The van der Waals surface area contributed by atoms with Gasteiger partial charge in [-0.05, 0) is 33.1 Å². The molecule has 5 nitrogen and oxygen atoms in total. The average molecular weight is 369 g/mol. The minimum atomic E-state index is -0.136. The molecule has 106 valence electrons. The lowest BCUT2D eigenvalue weighted by Crippen LogP contribution is -2.38. The molecule has 0 aromatic rings. The maximum atomic E-state index is 11.1. The van der Waals surface area contributed by atoms with Crippen molar-refractivity contribution in [2.45, 2.75) is 45.6 Å². The van der Waals surface area contributed by atoms with E-state index >= 15 is 0 Å². The Kier molecular flexibility index (Phi) is 10.1. The molecule has 2 N–H and O–H groups in total. The summed E-state index contributed by atoms with van der Waals surface area (Å²) in [5, 5.41) is 6.52. The van der Waals surface area contributed by atoms with Crippen LogP contribution in [0.3, 0.4) is 0 Å². The van der Waals surface area contributed by atoms with Crippen molar-refractivity contribution in [1.82, 2.24) is 10.6 Å². The third kappa shape index (κ3) is 8.54. The molecule has 0 atom stereocenters. The second kappa shape index (κ2) is 10.4. The summed E-state index contributed by atoms with van der Waals surface area (Å²) in [5.74, 6) is 0.724. The highest BCUT2D eigenvalue weighted by atomic mass is 127. The zero-order valence-electron chi connectivity index (χ0n) is 11.2. The Labute approximate surface area is 126 Å². The molecule has 0 spiro atoms. The van der Waals surface area contributed by atoms with E-state index < -0.39 is 0 Å². The first-order chi connectivity index (χ1) is 8.26. The van der Waals surface area contributed by atoms with Gasteiger partial charge in [-0.1, -0.05) is 0 Å². The molecule has 0 saturated heterocycles. The lowest BCUT2D eigenvalue weighted by Gasteiger charge is -2.09. The monoisotopic (exact) mass is 369 g/mol. The van der Waals surface area contributed by atoms with Gasteiger partial charge in [0.2, 0.25) is 0 Å². The highest BCUT2D eigenvalue weighted by Gasteiger charge is 2.21. The molecule has 1 aliphatic carbocycles. The summed E-state index contributed by atoms with van der Waals surface area (Å²) in [5.41, 5.74) is 0. The molecule has 0 amide bonds. The molecule has 0 radical (unpaired) electrons. The largest absolute Gasteiger partial charge is 0.466 e. The maximum Gasteiger partial charge on any atom is 0.305 e. The quantitative estimate of drug-likeness (QED) is 0.236. The van der Waals surface area contributed by atoms with E-state index in [2.05, 4.69) is 15.6 Å². The number of nitrogens with one attached hydrogen (secondary N) is 2. The summed E-state index contributed by atoms with van der Waals surface area (Å²) in [6, 6.07) is 0.595. The molecule has 1 rings (SSSR count). The van der Waals surface area contributed by atoms with Crippen molar-refractivity contribution in [1.29, 1.82) is 0 Å². The van der Waals surface area contributed by atoms with Crippen LogP contribution in [0.25, 0.3) is 0 Å². The molecule has 18 heavy (non-hydrogen) atoms. The van der Waals surface area contributed by atoms with Gasteiger partial charge in [0, 0.05) is 25.6 Å². The van der Waals surface area contributed by atoms with Crippen molar-refractivity contribution in [3.63, 3.8) is 0 Å². The third-order valence-corrected chi connectivity index (χ3v) is 2.38. The van der Waals surface area contributed by atoms with Crippen LogP contribution >= 0.6 is 24.0 Å². The lowest BCUT2D eigenvalue weighted by atomic mass is 10.3. The highest BCUT2D eigenvalue weighted by molar-refractivity contribution is 14.0. The second-order valence-electron chi connectivity index (χ2n) is 4.09. The van der Waals surface area contributed by atoms with Crippen molar-refractivity contribution in [2.75, 3.05) is 19.7 Å². The Morgan fingerprint density at radius 3 is 2.67 bits per heavy atom. The maximum absolute atomic E-state index is 11.1. The Morgan fingerprint density at radius 2 is 2.11 bits per heavy atom. The fraction of sp³-hybridized carbons (Fsp3) is 0.833. The fourth-order valence-electron chi connectivity index (χ4n) is 1.39. The summed E-state index contributed by atoms with van der Waals surface area (Å²) in [6.45, 7) is 5.83. The molecule has 0 aromatic carbocycles. The highest BCUT2D eigenvalue weighted by Crippen LogP contribution is 2.18. The van der Waals surface area contributed by atoms with Crippen molar-refractivity contribution in [3.8, 4) is 0 Å². The third-order valence-electron chi connectivity index (χ3n) is 2.38. The van der Waals surface area contributed by atoms with E-state index in [0.717, 1.165) is 18.9 Å². The number of halogens is 1. The Bertz CT molecular complexity index is 268. The van der Waals surface area contributed by atoms with Gasteiger partial charge in [0.15, 0.2) is 5.96 Å². The van der Waals surface area contributed by atoms with Gasteiger partial charge in [0.05, 0.1) is 6.61 Å². The number of carbonyl (C=O) groups is 1. The Morgan fingerprint density at radius 1 is 1.39 bits per heavy atom. The van der Waals surface area contributed by atoms with Crippen molar-refractivity contribution in [2.24, 2.45) is 4.99 Å². The predicted octanol–water partition coefficient (Wildman–Crippen LogP) is 1.67. The van der Waals surface area contributed by atoms with Crippen molar-refractivity contribution >= 4 is 35.9 Å². The van der Waals surface area contributed by atoms with Crippen LogP contribution in [0, 0.1) is 0 Å². The molecule has 1 aliphatic rings. The van der Waals surface area contributed by atoms with Crippen LogP contribution in [-0.2, 0) is 9.53 Å². The molecule has 1 saturated carbocycles. The molecule has 1 fully saturated rings. The van der Waals surface area contributed by atoms with E-state index in [0.29, 0.717) is 25.6 Å². The van der Waals surface area contributed by atoms with Gasteiger partial charge in [-0.2, -0.15) is 0 Å². The Hall–Kier alpha value is -0.530. The van der Waals surface area contributed by atoms with Crippen LogP contribution in [0.4, 0.5) is 0 Å². The summed E-state index contributed by atoms with van der Waals surface area (Å²) >= 11 is 0. The van der Waals surface area contributed by atoms with E-state index in [1.54, 1.807) is 0 Å². The van der Waals surface area contributed by atoms with Crippen molar-refractivity contribution in [3.05, 3.63) is 0 Å². The van der Waals surface area contributed by atoms with Gasteiger partial charge in [-0.25, -0.2) is 0 Å². The van der Waals surface area contributed by atoms with Crippen molar-refractivity contribution < 1.29 is 9.53 Å². The van der Waals surface area contributed by atoms with Crippen LogP contribution in [0.1, 0.15) is 39.5 Å². The number of esters is 1. The van der Waals surface area contributed by atoms with E-state index in [4.69, 9.17) is 4.74 Å². The molecular weight excluding hydrogens is 345 g/mol. The predicted molar refractivity (Wildman–Crippen MR) is 83.4 cm³/mol. The number of ether oxygens (including phenoxy) is 1. The van der Waals surface area contributed by atoms with Gasteiger partial charge in [-0.3, -0.25) is 9.79 Å². The standard InChI is InChI=1S/C12H23N3O2.HI/c1-3-13-12(15-10-7-8-10)14-9-5-6-11(16)17-4-2;/h10H,3-9H2,1-2H3,(H2,13,14,15);1H. The normalized spacial score (nSPS) is 14.7. The van der Waals surface area contributed by atoms with Crippen LogP contribution in [-0.4, -0.2) is 37.7 Å². The molecule has 0 unspecified atom stereocenters. The van der Waals surface area contributed by atoms with Crippen LogP contribution < -0.4 is 10.6 Å². The number of guanidine groups is 1. The number of rotatable bonds is 7. The van der Waals surface area contributed by atoms with E-state index in [1.165, 1.54) is 12.8 Å². The van der Waals surface area contributed by atoms with Crippen LogP contribution in [0.2, 0.25) is 0 Å². The first kappa shape index (κ1) is 17.5. The lowest BCUT2D eigenvalue weighted by molar-refractivity contribution is -0.143. The first-order valence-electron chi connectivity index (χ1n) is 6.46. The minimum absolute atomic E-state index is 0. The average Bonchev–Trinajstić information content (AvgIpc) is 3.09. The molecule has 0 aliphatic heterocycles. The van der Waals surface area contributed by atoms with Gasteiger partial charge in [0.1, 0.15) is 0 Å². The SMILES string of the molecule is CCNC(=NCCCC(=O)OCC)NC1CC1.I. The van der Waals surface area contributed by atoms with E-state index in [1.807, 2.05) is 13.8 Å². The molecule has 0 aromatic heterocycles. The minimum Gasteiger partial charge on any atom is -0.466 e. The summed E-state index contributed by atoms with van der Waals surface area (Å²) in [7, 11) is 0. The number of nitrogens with zero attached hydrogens (tertiary/aromatic N) is 1. The molecule has 6 heteroatoms.